The van der Waals surface area contributed by atoms with Crippen LogP contribution in [0.4, 0.5) is 0 Å². The summed E-state index contributed by atoms with van der Waals surface area (Å²) in [6.45, 7) is 9.80. The molecule has 0 atom stereocenters. The maximum absolute atomic E-state index is 4.43. The molecule has 1 aliphatic rings. The van der Waals surface area contributed by atoms with Gasteiger partial charge in [0.15, 0.2) is 0 Å². The van der Waals surface area contributed by atoms with Crippen molar-refractivity contribution < 1.29 is 0 Å². The lowest BCUT2D eigenvalue weighted by Gasteiger charge is -2.18. The van der Waals surface area contributed by atoms with Crippen LogP contribution in [0.15, 0.2) is 16.6 Å². The van der Waals surface area contributed by atoms with Crippen LogP contribution in [0, 0.1) is 5.41 Å². The second-order valence-corrected chi connectivity index (χ2v) is 4.41. The van der Waals surface area contributed by atoms with Crippen molar-refractivity contribution in [3.63, 3.8) is 0 Å². The van der Waals surface area contributed by atoms with Gasteiger partial charge in [-0.15, -0.1) is 0 Å². The molecule has 62 valence electrons. The van der Waals surface area contributed by atoms with Crippen molar-refractivity contribution in [2.45, 2.75) is 34.1 Å². The molecule has 0 spiro atoms. The third-order valence-corrected chi connectivity index (χ3v) is 1.83. The molecule has 0 N–H and O–H groups in total. The Bertz CT molecular complexity index is 203. The molecule has 0 fully saturated rings. The van der Waals surface area contributed by atoms with Crippen molar-refractivity contribution in [1.82, 2.24) is 0 Å². The Morgan fingerprint density at radius 1 is 1.45 bits per heavy atom. The van der Waals surface area contributed by atoms with Crippen molar-refractivity contribution in [1.29, 1.82) is 0 Å². The van der Waals surface area contributed by atoms with Gasteiger partial charge in [-0.05, 0) is 24.3 Å². The van der Waals surface area contributed by atoms with Crippen molar-refractivity contribution in [3.8, 4) is 0 Å². The number of hydrogen-bond acceptors (Lipinski definition) is 1. The van der Waals surface area contributed by atoms with Crippen molar-refractivity contribution >= 4 is 5.71 Å². The van der Waals surface area contributed by atoms with E-state index < -0.39 is 0 Å². The highest BCUT2D eigenvalue weighted by Gasteiger charge is 2.16. The van der Waals surface area contributed by atoms with Crippen LogP contribution >= 0.6 is 0 Å². The monoisotopic (exact) mass is 151 g/mol. The van der Waals surface area contributed by atoms with Gasteiger partial charge in [0.2, 0.25) is 0 Å². The van der Waals surface area contributed by atoms with E-state index in [9.17, 15) is 0 Å². The van der Waals surface area contributed by atoms with Gasteiger partial charge < -0.3 is 0 Å². The van der Waals surface area contributed by atoms with E-state index in [0.29, 0.717) is 5.41 Å². The first-order valence-corrected chi connectivity index (χ1v) is 4.19. The number of nitrogens with zero attached hydrogens (tertiary/aromatic N) is 1. The second kappa shape index (κ2) is 2.80. The minimum absolute atomic E-state index is 0.373. The van der Waals surface area contributed by atoms with Crippen LogP contribution in [0.3, 0.4) is 0 Å². The Morgan fingerprint density at radius 2 is 2.09 bits per heavy atom. The predicted molar refractivity (Wildman–Crippen MR) is 50.1 cm³/mol. The molecular weight excluding hydrogens is 134 g/mol. The van der Waals surface area contributed by atoms with E-state index in [0.717, 1.165) is 13.0 Å². The van der Waals surface area contributed by atoms with Crippen molar-refractivity contribution in [3.05, 3.63) is 11.6 Å². The van der Waals surface area contributed by atoms with Gasteiger partial charge in [0, 0.05) is 5.71 Å². The van der Waals surface area contributed by atoms with Gasteiger partial charge in [0.1, 0.15) is 0 Å². The molecule has 0 unspecified atom stereocenters. The minimum atomic E-state index is 0.373. The van der Waals surface area contributed by atoms with Crippen molar-refractivity contribution in [2.24, 2.45) is 10.4 Å². The lowest BCUT2D eigenvalue weighted by molar-refractivity contribution is 0.434. The van der Waals surface area contributed by atoms with E-state index >= 15 is 0 Å². The van der Waals surface area contributed by atoms with E-state index in [1.807, 2.05) is 0 Å². The minimum Gasteiger partial charge on any atom is -0.285 e. The van der Waals surface area contributed by atoms with Gasteiger partial charge in [0.25, 0.3) is 0 Å². The van der Waals surface area contributed by atoms with E-state index in [2.05, 4.69) is 38.8 Å². The Morgan fingerprint density at radius 3 is 2.45 bits per heavy atom. The van der Waals surface area contributed by atoms with Crippen molar-refractivity contribution in [2.75, 3.05) is 6.54 Å². The maximum atomic E-state index is 4.43. The van der Waals surface area contributed by atoms with Gasteiger partial charge in [-0.1, -0.05) is 26.8 Å². The van der Waals surface area contributed by atoms with Crippen LogP contribution in [0.2, 0.25) is 0 Å². The summed E-state index contributed by atoms with van der Waals surface area (Å²) in [6.07, 6.45) is 3.30. The predicted octanol–water partition coefficient (Wildman–Crippen LogP) is 2.82. The average molecular weight is 151 g/mol. The third kappa shape index (κ3) is 2.49. The van der Waals surface area contributed by atoms with Gasteiger partial charge in [-0.2, -0.15) is 0 Å². The number of allylic oxidation sites excluding steroid dienone is 1. The van der Waals surface area contributed by atoms with E-state index in [-0.39, 0.29) is 0 Å². The normalized spacial score (nSPS) is 18.2. The summed E-state index contributed by atoms with van der Waals surface area (Å²) in [5.41, 5.74) is 3.05. The molecule has 0 aromatic carbocycles. The van der Waals surface area contributed by atoms with Crippen LogP contribution in [-0.4, -0.2) is 12.3 Å². The topological polar surface area (TPSA) is 12.4 Å². The van der Waals surface area contributed by atoms with E-state index in [1.54, 1.807) is 0 Å². The van der Waals surface area contributed by atoms with Gasteiger partial charge in [-0.3, -0.25) is 4.99 Å². The smallest absolute Gasteiger partial charge is 0.0579 e. The highest BCUT2D eigenvalue weighted by molar-refractivity contribution is 6.01. The molecule has 0 saturated heterocycles. The molecule has 0 aromatic rings. The Kier molecular flexibility index (Phi) is 2.17. The quantitative estimate of drug-likeness (QED) is 0.546. The number of rotatable bonds is 1. The summed E-state index contributed by atoms with van der Waals surface area (Å²) in [7, 11) is 0. The number of aliphatic imine (C=N–C) groups is 1. The molecule has 0 saturated carbocycles. The largest absolute Gasteiger partial charge is 0.285 e. The second-order valence-electron chi connectivity index (χ2n) is 4.41. The highest BCUT2D eigenvalue weighted by Crippen LogP contribution is 2.23. The standard InChI is InChI=1S/C10H17N/c1-8-5-6-11-9(8)7-10(2,3)4/h5H,6-7H2,1-4H3. The Labute approximate surface area is 69.2 Å². The summed E-state index contributed by atoms with van der Waals surface area (Å²) >= 11 is 0. The molecule has 1 heterocycles. The van der Waals surface area contributed by atoms with Crippen LogP contribution in [-0.2, 0) is 0 Å². The molecular formula is C10H17N. The van der Waals surface area contributed by atoms with Crippen LogP contribution < -0.4 is 0 Å². The summed E-state index contributed by atoms with van der Waals surface area (Å²) in [5, 5.41) is 0. The van der Waals surface area contributed by atoms with E-state index in [1.165, 1.54) is 11.3 Å². The molecule has 0 amide bonds. The Balaban J connectivity index is 2.58. The molecule has 11 heavy (non-hydrogen) atoms. The molecule has 0 aliphatic carbocycles. The molecule has 0 radical (unpaired) electrons. The molecule has 1 nitrogen and oxygen atoms in total. The van der Waals surface area contributed by atoms with Crippen LogP contribution in [0.25, 0.3) is 0 Å². The highest BCUT2D eigenvalue weighted by atomic mass is 14.8. The first-order valence-electron chi connectivity index (χ1n) is 4.19. The van der Waals surface area contributed by atoms with Crippen LogP contribution in [0.1, 0.15) is 34.1 Å². The fourth-order valence-corrected chi connectivity index (χ4v) is 1.23. The SMILES string of the molecule is CC1=CCN=C1CC(C)(C)C. The van der Waals surface area contributed by atoms with Gasteiger partial charge >= 0.3 is 0 Å². The molecule has 0 aromatic heterocycles. The molecule has 1 heteroatoms. The van der Waals surface area contributed by atoms with Crippen LogP contribution in [0.5, 0.6) is 0 Å². The third-order valence-electron chi connectivity index (χ3n) is 1.83. The zero-order valence-electron chi connectivity index (χ0n) is 7.94. The van der Waals surface area contributed by atoms with E-state index in [4.69, 9.17) is 0 Å². The number of hydrogen-bond donors (Lipinski definition) is 0. The molecule has 1 aliphatic heterocycles. The zero-order chi connectivity index (χ0) is 8.48. The molecule has 0 bridgehead atoms. The fourth-order valence-electron chi connectivity index (χ4n) is 1.23. The summed E-state index contributed by atoms with van der Waals surface area (Å²) < 4.78 is 0. The van der Waals surface area contributed by atoms with Gasteiger partial charge in [0.05, 0.1) is 6.54 Å². The fraction of sp³-hybridized carbons (Fsp3) is 0.700. The molecule has 1 rings (SSSR count). The maximum Gasteiger partial charge on any atom is 0.0579 e. The summed E-state index contributed by atoms with van der Waals surface area (Å²) in [6, 6.07) is 0. The average Bonchev–Trinajstić information content (AvgIpc) is 2.12. The zero-order valence-corrected chi connectivity index (χ0v) is 7.94. The lowest BCUT2D eigenvalue weighted by atomic mass is 9.88. The lowest BCUT2D eigenvalue weighted by Crippen LogP contribution is -2.12. The van der Waals surface area contributed by atoms with Gasteiger partial charge in [-0.25, -0.2) is 0 Å². The summed E-state index contributed by atoms with van der Waals surface area (Å²) in [5.74, 6) is 0. The summed E-state index contributed by atoms with van der Waals surface area (Å²) in [4.78, 5) is 4.43. The first-order chi connectivity index (χ1) is 4.99. The Hall–Kier alpha value is -0.590. The first kappa shape index (κ1) is 8.51.